The molecule has 0 saturated heterocycles. The maximum Gasteiger partial charge on any atom is 0.323 e. The number of amides is 2. The second-order valence-corrected chi connectivity index (χ2v) is 5.95. The summed E-state index contributed by atoms with van der Waals surface area (Å²) in [7, 11) is 1.65. The van der Waals surface area contributed by atoms with Crippen LogP contribution in [0.2, 0.25) is 0 Å². The van der Waals surface area contributed by atoms with Gasteiger partial charge in [0.15, 0.2) is 11.6 Å². The van der Waals surface area contributed by atoms with Gasteiger partial charge in [-0.1, -0.05) is 17.3 Å². The summed E-state index contributed by atoms with van der Waals surface area (Å²) in [5.41, 5.74) is 3.39. The van der Waals surface area contributed by atoms with Gasteiger partial charge in [0.1, 0.15) is 5.82 Å². The van der Waals surface area contributed by atoms with Crippen molar-refractivity contribution in [3.05, 3.63) is 52.2 Å². The van der Waals surface area contributed by atoms with Gasteiger partial charge >= 0.3 is 6.03 Å². The predicted octanol–water partition coefficient (Wildman–Crippen LogP) is 3.91. The third-order valence-electron chi connectivity index (χ3n) is 3.50. The largest absolute Gasteiger partial charge is 0.354 e. The van der Waals surface area contributed by atoms with Crippen LogP contribution < -0.4 is 5.32 Å². The Bertz CT molecular complexity index is 848. The summed E-state index contributed by atoms with van der Waals surface area (Å²) in [6, 6.07) is 5.90. The molecule has 0 bridgehead atoms. The Kier molecular flexibility index (Phi) is 4.57. The van der Waals surface area contributed by atoms with Crippen molar-refractivity contribution in [2.75, 3.05) is 12.4 Å². The number of rotatable bonds is 4. The van der Waals surface area contributed by atoms with E-state index in [-0.39, 0.29) is 11.8 Å². The van der Waals surface area contributed by atoms with E-state index in [4.69, 9.17) is 4.52 Å². The van der Waals surface area contributed by atoms with Gasteiger partial charge in [-0.05, 0) is 19.1 Å². The number of aromatic nitrogens is 2. The third-order valence-corrected chi connectivity index (χ3v) is 4.13. The van der Waals surface area contributed by atoms with E-state index in [1.807, 2.05) is 5.38 Å². The van der Waals surface area contributed by atoms with E-state index in [1.54, 1.807) is 37.7 Å². The minimum atomic E-state index is -0.407. The van der Waals surface area contributed by atoms with E-state index in [2.05, 4.69) is 15.5 Å². The Morgan fingerprint density at radius 2 is 2.21 bits per heavy atom. The quantitative estimate of drug-likeness (QED) is 0.777. The summed E-state index contributed by atoms with van der Waals surface area (Å²) in [6.07, 6.45) is 0. The molecular weight excluding hydrogens is 331 g/mol. The van der Waals surface area contributed by atoms with Gasteiger partial charge in [0, 0.05) is 18.0 Å². The lowest BCUT2D eigenvalue weighted by molar-refractivity contribution is 0.220. The number of nitrogens with one attached hydrogen (secondary N) is 1. The van der Waals surface area contributed by atoms with E-state index in [1.165, 1.54) is 22.3 Å². The average molecular weight is 346 g/mol. The first kappa shape index (κ1) is 16.1. The lowest BCUT2D eigenvalue weighted by atomic mass is 10.1. The fraction of sp³-hybridized carbons (Fsp3) is 0.188. The fourth-order valence-corrected chi connectivity index (χ4v) is 2.73. The van der Waals surface area contributed by atoms with E-state index in [9.17, 15) is 9.18 Å². The molecule has 1 N–H and O–H groups in total. The molecule has 8 heteroatoms. The number of hydrogen-bond donors (Lipinski definition) is 1. The van der Waals surface area contributed by atoms with E-state index in [0.29, 0.717) is 23.4 Å². The number of benzene rings is 1. The van der Waals surface area contributed by atoms with E-state index < -0.39 is 5.82 Å². The van der Waals surface area contributed by atoms with Gasteiger partial charge in [-0.2, -0.15) is 0 Å². The van der Waals surface area contributed by atoms with E-state index >= 15 is 0 Å². The summed E-state index contributed by atoms with van der Waals surface area (Å²) in [5, 5.41) is 8.38. The number of carbonyl (C=O) groups is 1. The molecule has 0 saturated carbocycles. The monoisotopic (exact) mass is 346 g/mol. The minimum absolute atomic E-state index is 0.267. The van der Waals surface area contributed by atoms with Gasteiger partial charge in [0.05, 0.1) is 23.3 Å². The van der Waals surface area contributed by atoms with Crippen LogP contribution >= 0.6 is 11.3 Å². The van der Waals surface area contributed by atoms with Crippen LogP contribution in [0.4, 0.5) is 15.0 Å². The van der Waals surface area contributed by atoms with Crippen LogP contribution in [0.5, 0.6) is 0 Å². The van der Waals surface area contributed by atoms with Crippen molar-refractivity contribution in [2.24, 2.45) is 0 Å². The molecule has 0 aliphatic carbocycles. The maximum absolute atomic E-state index is 13.9. The van der Waals surface area contributed by atoms with Gasteiger partial charge < -0.3 is 9.42 Å². The summed E-state index contributed by atoms with van der Waals surface area (Å²) < 4.78 is 19.1. The van der Waals surface area contributed by atoms with E-state index in [0.717, 1.165) is 5.69 Å². The maximum atomic E-state index is 13.9. The van der Waals surface area contributed by atoms with Crippen LogP contribution in [0, 0.1) is 12.7 Å². The van der Waals surface area contributed by atoms with Crippen molar-refractivity contribution in [3.63, 3.8) is 0 Å². The topological polar surface area (TPSA) is 71.3 Å². The van der Waals surface area contributed by atoms with Crippen molar-refractivity contribution >= 4 is 23.2 Å². The van der Waals surface area contributed by atoms with Gasteiger partial charge in [-0.3, -0.25) is 5.32 Å². The zero-order valence-corrected chi connectivity index (χ0v) is 13.9. The molecule has 0 aliphatic rings. The smallest absolute Gasteiger partial charge is 0.323 e. The van der Waals surface area contributed by atoms with Gasteiger partial charge in [-0.25, -0.2) is 14.2 Å². The molecule has 3 aromatic rings. The number of hydrogen-bond acceptors (Lipinski definition) is 5. The zero-order valence-electron chi connectivity index (χ0n) is 13.1. The number of nitrogens with zero attached hydrogens (tertiary/aromatic N) is 3. The summed E-state index contributed by atoms with van der Waals surface area (Å²) in [6.45, 7) is 2.10. The molecular formula is C16H15FN4O2S. The summed E-state index contributed by atoms with van der Waals surface area (Å²) in [4.78, 5) is 17.9. The van der Waals surface area contributed by atoms with Crippen molar-refractivity contribution in [1.29, 1.82) is 0 Å². The standard InChI is InChI=1S/C16H15FN4O2S/c1-10-14(12-5-3-4-6-13(12)17)23-20-15(10)19-16(22)21(2)7-11-8-24-9-18-11/h3-6,8-9H,7H2,1-2H3,(H,19,20,22). The molecule has 2 aromatic heterocycles. The molecule has 2 heterocycles. The zero-order chi connectivity index (χ0) is 17.1. The molecule has 0 atom stereocenters. The molecule has 6 nitrogen and oxygen atoms in total. The second-order valence-electron chi connectivity index (χ2n) is 5.23. The Morgan fingerprint density at radius 3 is 2.92 bits per heavy atom. The van der Waals surface area contributed by atoms with Crippen molar-refractivity contribution in [1.82, 2.24) is 15.0 Å². The first-order valence-electron chi connectivity index (χ1n) is 7.16. The highest BCUT2D eigenvalue weighted by Crippen LogP contribution is 2.30. The first-order valence-corrected chi connectivity index (χ1v) is 8.11. The SMILES string of the molecule is Cc1c(NC(=O)N(C)Cc2cscn2)noc1-c1ccccc1F. The van der Waals surface area contributed by atoms with Crippen LogP contribution in [-0.2, 0) is 6.54 Å². The van der Waals surface area contributed by atoms with Crippen molar-refractivity contribution in [2.45, 2.75) is 13.5 Å². The lowest BCUT2D eigenvalue weighted by Crippen LogP contribution is -2.31. The third kappa shape index (κ3) is 3.28. The number of thiazole rings is 1. The van der Waals surface area contributed by atoms with Crippen LogP contribution in [0.15, 0.2) is 39.7 Å². The molecule has 0 unspecified atom stereocenters. The molecule has 124 valence electrons. The number of urea groups is 1. The average Bonchev–Trinajstić information content (AvgIpc) is 3.19. The number of carbonyl (C=O) groups excluding carboxylic acids is 1. The van der Waals surface area contributed by atoms with Gasteiger partial charge in [0.2, 0.25) is 0 Å². The normalized spacial score (nSPS) is 10.6. The summed E-state index contributed by atoms with van der Waals surface area (Å²) >= 11 is 1.47. The molecule has 24 heavy (non-hydrogen) atoms. The van der Waals surface area contributed by atoms with Crippen LogP contribution in [-0.4, -0.2) is 28.1 Å². The lowest BCUT2D eigenvalue weighted by Gasteiger charge is -2.15. The van der Waals surface area contributed by atoms with Crippen LogP contribution in [0.1, 0.15) is 11.3 Å². The van der Waals surface area contributed by atoms with Crippen LogP contribution in [0.25, 0.3) is 11.3 Å². The van der Waals surface area contributed by atoms with Crippen molar-refractivity contribution in [3.8, 4) is 11.3 Å². The predicted molar refractivity (Wildman–Crippen MR) is 89.2 cm³/mol. The molecule has 3 rings (SSSR count). The molecule has 0 spiro atoms. The highest BCUT2D eigenvalue weighted by Gasteiger charge is 2.19. The van der Waals surface area contributed by atoms with Gasteiger partial charge in [0.25, 0.3) is 0 Å². The Labute approximate surface area is 141 Å². The van der Waals surface area contributed by atoms with Gasteiger partial charge in [-0.15, -0.1) is 11.3 Å². The molecule has 2 amide bonds. The highest BCUT2D eigenvalue weighted by molar-refractivity contribution is 7.07. The first-order chi connectivity index (χ1) is 11.6. The number of anilines is 1. The Morgan fingerprint density at radius 1 is 1.42 bits per heavy atom. The second kappa shape index (κ2) is 6.79. The van der Waals surface area contributed by atoms with Crippen molar-refractivity contribution < 1.29 is 13.7 Å². The molecule has 1 aromatic carbocycles. The number of halogens is 1. The minimum Gasteiger partial charge on any atom is -0.354 e. The molecule has 0 radical (unpaired) electrons. The Hall–Kier alpha value is -2.74. The Balaban J connectivity index is 1.74. The van der Waals surface area contributed by atoms with Crippen LogP contribution in [0.3, 0.4) is 0 Å². The fourth-order valence-electron chi connectivity index (χ4n) is 2.18. The molecule has 0 fully saturated rings. The summed E-state index contributed by atoms with van der Waals surface area (Å²) in [5.74, 6) is 0.157. The highest BCUT2D eigenvalue weighted by atomic mass is 32.1. The molecule has 0 aliphatic heterocycles.